The van der Waals surface area contributed by atoms with Crippen LogP contribution in [0.3, 0.4) is 0 Å². The Morgan fingerprint density at radius 2 is 1.66 bits per heavy atom. The first kappa shape index (κ1) is 17.9. The third-order valence-electron chi connectivity index (χ3n) is 5.47. The zero-order valence-corrected chi connectivity index (χ0v) is 17.4. The number of aromatic nitrogens is 6. The molecule has 4 aromatic rings. The third-order valence-corrected chi connectivity index (χ3v) is 5.47. The van der Waals surface area contributed by atoms with Gasteiger partial charge in [0.05, 0.1) is 18.1 Å². The van der Waals surface area contributed by atoms with Crippen LogP contribution in [0.15, 0.2) is 36.7 Å². The minimum Gasteiger partial charge on any atom is -0.353 e. The Hall–Kier alpha value is -3.16. The van der Waals surface area contributed by atoms with Crippen LogP contribution in [0.5, 0.6) is 0 Å². The van der Waals surface area contributed by atoms with Crippen molar-refractivity contribution in [2.75, 3.05) is 36.0 Å². The van der Waals surface area contributed by atoms with Crippen molar-refractivity contribution in [3.05, 3.63) is 48.0 Å². The molecule has 0 atom stereocenters. The molecule has 150 valence electrons. The molecule has 5 heterocycles. The standard InChI is InChI=1S/C21H26N8/c1-15-13-20(29-18(23-15)7-8-22-29)27-11-9-26(10-12-27)19-6-5-17-24-16(21(2,3)4)14-28(17)25-19/h5-8,13-14H,9-12H2,1-4H3. The fourth-order valence-corrected chi connectivity index (χ4v) is 3.81. The monoisotopic (exact) mass is 390 g/mol. The summed E-state index contributed by atoms with van der Waals surface area (Å²) in [5, 5.41) is 9.27. The number of piperazine rings is 1. The van der Waals surface area contributed by atoms with E-state index in [1.165, 1.54) is 0 Å². The van der Waals surface area contributed by atoms with E-state index in [1.807, 2.05) is 28.2 Å². The first-order valence-electron chi connectivity index (χ1n) is 10.1. The second-order valence-corrected chi connectivity index (χ2v) is 8.70. The summed E-state index contributed by atoms with van der Waals surface area (Å²) in [5.41, 5.74) is 3.87. The summed E-state index contributed by atoms with van der Waals surface area (Å²) in [6.45, 7) is 12.2. The lowest BCUT2D eigenvalue weighted by Crippen LogP contribution is -2.47. The van der Waals surface area contributed by atoms with Crippen LogP contribution in [0.25, 0.3) is 11.3 Å². The molecule has 0 saturated carbocycles. The summed E-state index contributed by atoms with van der Waals surface area (Å²) in [7, 11) is 0. The first-order chi connectivity index (χ1) is 13.9. The first-order valence-corrected chi connectivity index (χ1v) is 10.1. The molecule has 0 bridgehead atoms. The molecule has 8 heteroatoms. The molecule has 0 unspecified atom stereocenters. The Labute approximate surface area is 169 Å². The van der Waals surface area contributed by atoms with E-state index < -0.39 is 0 Å². The van der Waals surface area contributed by atoms with Gasteiger partial charge in [-0.1, -0.05) is 20.8 Å². The fraction of sp³-hybridized carbons (Fsp3) is 0.429. The molecule has 4 aromatic heterocycles. The second kappa shape index (κ2) is 6.43. The summed E-state index contributed by atoms with van der Waals surface area (Å²) in [6.07, 6.45) is 3.85. The molecular weight excluding hydrogens is 364 g/mol. The molecule has 0 aliphatic carbocycles. The van der Waals surface area contributed by atoms with Gasteiger partial charge in [-0.3, -0.25) is 0 Å². The van der Waals surface area contributed by atoms with Crippen LogP contribution >= 0.6 is 0 Å². The quantitative estimate of drug-likeness (QED) is 0.524. The molecule has 8 nitrogen and oxygen atoms in total. The number of anilines is 2. The zero-order valence-electron chi connectivity index (χ0n) is 17.4. The molecule has 1 fully saturated rings. The van der Waals surface area contributed by atoms with Gasteiger partial charge in [0.25, 0.3) is 0 Å². The molecular formula is C21H26N8. The van der Waals surface area contributed by atoms with Crippen LogP contribution in [-0.2, 0) is 5.41 Å². The highest BCUT2D eigenvalue weighted by atomic mass is 15.4. The highest BCUT2D eigenvalue weighted by Crippen LogP contribution is 2.24. The number of aryl methyl sites for hydroxylation is 1. The number of hydrogen-bond acceptors (Lipinski definition) is 6. The summed E-state index contributed by atoms with van der Waals surface area (Å²) >= 11 is 0. The predicted molar refractivity (Wildman–Crippen MR) is 114 cm³/mol. The van der Waals surface area contributed by atoms with Gasteiger partial charge in [0, 0.05) is 49.4 Å². The minimum absolute atomic E-state index is 0.0139. The van der Waals surface area contributed by atoms with Crippen LogP contribution in [0.2, 0.25) is 0 Å². The molecule has 1 aliphatic rings. The third kappa shape index (κ3) is 3.18. The maximum atomic E-state index is 4.82. The van der Waals surface area contributed by atoms with Gasteiger partial charge in [0.1, 0.15) is 11.6 Å². The molecule has 29 heavy (non-hydrogen) atoms. The van der Waals surface area contributed by atoms with Gasteiger partial charge in [0.15, 0.2) is 11.3 Å². The SMILES string of the molecule is Cc1cc(N2CCN(c3ccc4nc(C(C)(C)C)cn4n3)CC2)n2nccc2n1. The van der Waals surface area contributed by atoms with Crippen molar-refractivity contribution in [2.24, 2.45) is 0 Å². The lowest BCUT2D eigenvalue weighted by molar-refractivity contribution is 0.572. The van der Waals surface area contributed by atoms with Crippen molar-refractivity contribution in [2.45, 2.75) is 33.1 Å². The van der Waals surface area contributed by atoms with E-state index >= 15 is 0 Å². The van der Waals surface area contributed by atoms with Gasteiger partial charge in [-0.25, -0.2) is 14.5 Å². The second-order valence-electron chi connectivity index (χ2n) is 8.70. The highest BCUT2D eigenvalue weighted by molar-refractivity contribution is 5.53. The van der Waals surface area contributed by atoms with Crippen LogP contribution in [-0.4, -0.2) is 55.4 Å². The number of fused-ring (bicyclic) bond motifs is 2. The summed E-state index contributed by atoms with van der Waals surface area (Å²) < 4.78 is 3.83. The average molecular weight is 390 g/mol. The van der Waals surface area contributed by atoms with Crippen LogP contribution < -0.4 is 9.80 Å². The molecule has 0 radical (unpaired) electrons. The molecule has 0 spiro atoms. The Kier molecular flexibility index (Phi) is 3.97. The van der Waals surface area contributed by atoms with Gasteiger partial charge in [0.2, 0.25) is 0 Å². The lowest BCUT2D eigenvalue weighted by atomic mass is 9.93. The zero-order chi connectivity index (χ0) is 20.2. The van der Waals surface area contributed by atoms with Crippen molar-refractivity contribution in [3.63, 3.8) is 0 Å². The maximum absolute atomic E-state index is 4.82. The van der Waals surface area contributed by atoms with E-state index in [9.17, 15) is 0 Å². The molecule has 0 N–H and O–H groups in total. The average Bonchev–Trinajstić information content (AvgIpc) is 3.33. The largest absolute Gasteiger partial charge is 0.353 e. The molecule has 1 saturated heterocycles. The number of rotatable bonds is 2. The summed E-state index contributed by atoms with van der Waals surface area (Å²) in [5.74, 6) is 2.09. The number of hydrogen-bond donors (Lipinski definition) is 0. The van der Waals surface area contributed by atoms with E-state index in [0.29, 0.717) is 0 Å². The molecule has 1 aliphatic heterocycles. The van der Waals surface area contributed by atoms with Gasteiger partial charge < -0.3 is 9.80 Å². The van der Waals surface area contributed by atoms with Gasteiger partial charge in [-0.15, -0.1) is 5.10 Å². The van der Waals surface area contributed by atoms with Crippen molar-refractivity contribution < 1.29 is 0 Å². The minimum atomic E-state index is 0.0139. The van der Waals surface area contributed by atoms with Gasteiger partial charge in [-0.05, 0) is 19.1 Å². The summed E-state index contributed by atoms with van der Waals surface area (Å²) in [4.78, 5) is 14.0. The Bertz CT molecular complexity index is 1170. The maximum Gasteiger partial charge on any atom is 0.157 e. The number of imidazole rings is 1. The highest BCUT2D eigenvalue weighted by Gasteiger charge is 2.22. The predicted octanol–water partition coefficient (Wildman–Crippen LogP) is 2.70. The van der Waals surface area contributed by atoms with E-state index in [0.717, 1.165) is 60.5 Å². The topological polar surface area (TPSA) is 66.9 Å². The van der Waals surface area contributed by atoms with E-state index in [4.69, 9.17) is 10.1 Å². The molecule has 5 rings (SSSR count). The van der Waals surface area contributed by atoms with E-state index in [1.54, 1.807) is 6.20 Å². The van der Waals surface area contributed by atoms with Gasteiger partial charge in [-0.2, -0.15) is 9.61 Å². The van der Waals surface area contributed by atoms with E-state index in [-0.39, 0.29) is 5.41 Å². The van der Waals surface area contributed by atoms with Gasteiger partial charge >= 0.3 is 0 Å². The van der Waals surface area contributed by atoms with Crippen molar-refractivity contribution >= 4 is 22.9 Å². The lowest BCUT2D eigenvalue weighted by Gasteiger charge is -2.36. The fourth-order valence-electron chi connectivity index (χ4n) is 3.81. The van der Waals surface area contributed by atoms with Crippen LogP contribution in [0, 0.1) is 6.92 Å². The van der Waals surface area contributed by atoms with Crippen molar-refractivity contribution in [1.82, 2.24) is 29.2 Å². The Morgan fingerprint density at radius 3 is 2.41 bits per heavy atom. The van der Waals surface area contributed by atoms with Crippen molar-refractivity contribution in [3.8, 4) is 0 Å². The summed E-state index contributed by atoms with van der Waals surface area (Å²) in [6, 6.07) is 8.19. The molecule has 0 amide bonds. The Morgan fingerprint density at radius 1 is 0.897 bits per heavy atom. The van der Waals surface area contributed by atoms with Crippen LogP contribution in [0.1, 0.15) is 32.2 Å². The number of nitrogens with zero attached hydrogens (tertiary/aromatic N) is 8. The van der Waals surface area contributed by atoms with Crippen LogP contribution in [0.4, 0.5) is 11.6 Å². The molecule has 0 aromatic carbocycles. The normalized spacial score (nSPS) is 15.6. The van der Waals surface area contributed by atoms with E-state index in [2.05, 4.69) is 58.9 Å². The van der Waals surface area contributed by atoms with Crippen molar-refractivity contribution in [1.29, 1.82) is 0 Å². The Balaban J connectivity index is 1.37. The smallest absolute Gasteiger partial charge is 0.157 e.